The smallest absolute Gasteiger partial charge is 0.0489 e. The number of halogens is 1. The Bertz CT molecular complexity index is 408. The highest BCUT2D eigenvalue weighted by molar-refractivity contribution is 6.19. The summed E-state index contributed by atoms with van der Waals surface area (Å²) in [6, 6.07) is 10.4. The Labute approximate surface area is 116 Å². The van der Waals surface area contributed by atoms with Crippen LogP contribution in [0.1, 0.15) is 44.1 Å². The van der Waals surface area contributed by atoms with Crippen molar-refractivity contribution in [1.82, 2.24) is 0 Å². The molecule has 0 fully saturated rings. The van der Waals surface area contributed by atoms with Crippen LogP contribution in [0.4, 0.5) is 0 Å². The molecule has 18 heavy (non-hydrogen) atoms. The summed E-state index contributed by atoms with van der Waals surface area (Å²) in [5.74, 6) is 7.39. The fraction of sp³-hybridized carbons (Fsp3) is 0.412. The van der Waals surface area contributed by atoms with E-state index in [9.17, 15) is 0 Å². The topological polar surface area (TPSA) is 0 Å². The summed E-state index contributed by atoms with van der Waals surface area (Å²) in [6.07, 6.45) is 4.20. The first-order valence-corrected chi connectivity index (χ1v) is 7.07. The van der Waals surface area contributed by atoms with E-state index in [0.29, 0.717) is 5.88 Å². The van der Waals surface area contributed by atoms with E-state index in [-0.39, 0.29) is 5.92 Å². The van der Waals surface area contributed by atoms with Crippen LogP contribution in [0.15, 0.2) is 42.5 Å². The molecule has 0 heterocycles. The second kappa shape index (κ2) is 8.84. The van der Waals surface area contributed by atoms with Gasteiger partial charge in [-0.3, -0.25) is 0 Å². The molecular weight excluding hydrogens is 240 g/mol. The highest BCUT2D eigenvalue weighted by Gasteiger charge is 2.09. The Morgan fingerprint density at radius 3 is 2.67 bits per heavy atom. The quantitative estimate of drug-likeness (QED) is 0.287. The average molecular weight is 261 g/mol. The molecule has 0 aliphatic carbocycles. The lowest BCUT2D eigenvalue weighted by Crippen LogP contribution is -1.98. The van der Waals surface area contributed by atoms with Gasteiger partial charge in [0.25, 0.3) is 0 Å². The Kier molecular flexibility index (Phi) is 7.30. The molecule has 1 aromatic rings. The van der Waals surface area contributed by atoms with Gasteiger partial charge in [0.2, 0.25) is 0 Å². The first-order valence-electron chi connectivity index (χ1n) is 6.53. The van der Waals surface area contributed by atoms with Crippen molar-refractivity contribution in [2.45, 2.75) is 38.5 Å². The van der Waals surface area contributed by atoms with Gasteiger partial charge in [-0.1, -0.05) is 61.7 Å². The van der Waals surface area contributed by atoms with Crippen molar-refractivity contribution in [3.8, 4) is 11.8 Å². The molecule has 1 aromatic carbocycles. The minimum absolute atomic E-state index is 0.231. The van der Waals surface area contributed by atoms with E-state index in [0.717, 1.165) is 18.4 Å². The zero-order valence-electron chi connectivity index (χ0n) is 11.1. The Hall–Kier alpha value is -1.19. The molecular formula is C17H21Cl. The van der Waals surface area contributed by atoms with Crippen LogP contribution in [0, 0.1) is 11.8 Å². The molecule has 0 amide bonds. The number of benzene rings is 1. The summed E-state index contributed by atoms with van der Waals surface area (Å²) in [6.45, 7) is 6.17. The van der Waals surface area contributed by atoms with Crippen LogP contribution in [0.5, 0.6) is 0 Å². The summed E-state index contributed by atoms with van der Waals surface area (Å²) >= 11 is 5.82. The SMILES string of the molecule is C=C(CCl)CC(C#CCCCC)c1ccccc1. The van der Waals surface area contributed by atoms with Crippen LogP contribution in [-0.4, -0.2) is 5.88 Å². The van der Waals surface area contributed by atoms with Gasteiger partial charge in [-0.25, -0.2) is 0 Å². The molecule has 0 aliphatic rings. The lowest BCUT2D eigenvalue weighted by molar-refractivity contribution is 0.819. The maximum Gasteiger partial charge on any atom is 0.0489 e. The molecule has 0 bridgehead atoms. The van der Waals surface area contributed by atoms with E-state index in [1.165, 1.54) is 18.4 Å². The van der Waals surface area contributed by atoms with Gasteiger partial charge in [-0.2, -0.15) is 0 Å². The molecule has 1 atom stereocenters. The van der Waals surface area contributed by atoms with Crippen molar-refractivity contribution in [2.24, 2.45) is 0 Å². The van der Waals surface area contributed by atoms with Crippen molar-refractivity contribution in [3.05, 3.63) is 48.0 Å². The van der Waals surface area contributed by atoms with Crippen LogP contribution in [0.2, 0.25) is 0 Å². The van der Waals surface area contributed by atoms with Crippen molar-refractivity contribution in [3.63, 3.8) is 0 Å². The van der Waals surface area contributed by atoms with Crippen LogP contribution in [0.25, 0.3) is 0 Å². The molecule has 1 unspecified atom stereocenters. The highest BCUT2D eigenvalue weighted by atomic mass is 35.5. The van der Waals surface area contributed by atoms with E-state index in [1.54, 1.807) is 0 Å². The third-order valence-corrected chi connectivity index (χ3v) is 3.19. The van der Waals surface area contributed by atoms with Gasteiger partial charge in [0.05, 0.1) is 0 Å². The Morgan fingerprint density at radius 1 is 1.33 bits per heavy atom. The summed E-state index contributed by atoms with van der Waals surface area (Å²) in [4.78, 5) is 0. The van der Waals surface area contributed by atoms with E-state index in [1.807, 2.05) is 6.07 Å². The minimum atomic E-state index is 0.231. The van der Waals surface area contributed by atoms with Gasteiger partial charge in [0, 0.05) is 18.2 Å². The lowest BCUT2D eigenvalue weighted by Gasteiger charge is -2.11. The fourth-order valence-corrected chi connectivity index (χ4v) is 1.85. The zero-order valence-corrected chi connectivity index (χ0v) is 11.8. The van der Waals surface area contributed by atoms with Gasteiger partial charge in [-0.15, -0.1) is 17.5 Å². The van der Waals surface area contributed by atoms with Crippen molar-refractivity contribution < 1.29 is 0 Å². The molecule has 96 valence electrons. The molecule has 0 radical (unpaired) electrons. The second-order valence-corrected chi connectivity index (χ2v) is 4.74. The number of unbranched alkanes of at least 4 members (excludes halogenated alkanes) is 2. The monoisotopic (exact) mass is 260 g/mol. The Balaban J connectivity index is 2.74. The molecule has 0 aliphatic heterocycles. The third-order valence-electron chi connectivity index (χ3n) is 2.82. The maximum absolute atomic E-state index is 5.82. The highest BCUT2D eigenvalue weighted by Crippen LogP contribution is 2.22. The Morgan fingerprint density at radius 2 is 2.06 bits per heavy atom. The van der Waals surface area contributed by atoms with E-state index in [2.05, 4.69) is 49.6 Å². The third kappa shape index (κ3) is 5.43. The van der Waals surface area contributed by atoms with Gasteiger partial charge in [0.1, 0.15) is 0 Å². The molecule has 0 spiro atoms. The first kappa shape index (κ1) is 14.9. The largest absolute Gasteiger partial charge is 0.122 e. The normalized spacial score (nSPS) is 11.4. The summed E-state index contributed by atoms with van der Waals surface area (Å²) < 4.78 is 0. The summed E-state index contributed by atoms with van der Waals surface area (Å²) in [7, 11) is 0. The van der Waals surface area contributed by atoms with Crippen LogP contribution in [0.3, 0.4) is 0 Å². The molecule has 0 aromatic heterocycles. The zero-order chi connectivity index (χ0) is 13.2. The molecule has 0 saturated heterocycles. The van der Waals surface area contributed by atoms with Crippen LogP contribution < -0.4 is 0 Å². The van der Waals surface area contributed by atoms with Gasteiger partial charge < -0.3 is 0 Å². The molecule has 0 nitrogen and oxygen atoms in total. The van der Waals surface area contributed by atoms with E-state index >= 15 is 0 Å². The first-order chi connectivity index (χ1) is 8.77. The average Bonchev–Trinajstić information content (AvgIpc) is 2.43. The van der Waals surface area contributed by atoms with Gasteiger partial charge in [-0.05, 0) is 18.4 Å². The van der Waals surface area contributed by atoms with Crippen molar-refractivity contribution >= 4 is 11.6 Å². The van der Waals surface area contributed by atoms with Crippen molar-refractivity contribution in [1.29, 1.82) is 0 Å². The van der Waals surface area contributed by atoms with Gasteiger partial charge in [0.15, 0.2) is 0 Å². The molecule has 0 saturated carbocycles. The number of hydrogen-bond acceptors (Lipinski definition) is 0. The number of allylic oxidation sites excluding steroid dienone is 1. The molecule has 0 N–H and O–H groups in total. The predicted molar refractivity (Wildman–Crippen MR) is 81.0 cm³/mol. The molecule has 1 rings (SSSR count). The lowest BCUT2D eigenvalue weighted by atomic mass is 9.93. The van der Waals surface area contributed by atoms with E-state index in [4.69, 9.17) is 11.6 Å². The summed E-state index contributed by atoms with van der Waals surface area (Å²) in [5, 5.41) is 0. The van der Waals surface area contributed by atoms with Crippen molar-refractivity contribution in [2.75, 3.05) is 5.88 Å². The second-order valence-electron chi connectivity index (χ2n) is 4.48. The van der Waals surface area contributed by atoms with Crippen LogP contribution in [-0.2, 0) is 0 Å². The predicted octanol–water partition coefficient (Wildman–Crippen LogP) is 5.15. The number of alkyl halides is 1. The molecule has 1 heteroatoms. The number of rotatable bonds is 6. The summed E-state index contributed by atoms with van der Waals surface area (Å²) in [5.41, 5.74) is 2.31. The van der Waals surface area contributed by atoms with E-state index < -0.39 is 0 Å². The fourth-order valence-electron chi connectivity index (χ4n) is 1.74. The standard InChI is InChI=1S/C17H21Cl/c1-3-4-5-7-12-17(13-15(2)14-18)16-10-8-6-9-11-16/h6,8-11,17H,2-5,13-14H2,1H3. The number of hydrogen-bond donors (Lipinski definition) is 0. The maximum atomic E-state index is 5.82. The van der Waals surface area contributed by atoms with Gasteiger partial charge >= 0.3 is 0 Å². The van der Waals surface area contributed by atoms with Crippen LogP contribution >= 0.6 is 11.6 Å². The minimum Gasteiger partial charge on any atom is -0.122 e.